The quantitative estimate of drug-likeness (QED) is 0.944. The van der Waals surface area contributed by atoms with Crippen LogP contribution in [0.5, 0.6) is 0 Å². The van der Waals surface area contributed by atoms with Crippen LogP contribution >= 0.6 is 0 Å². The molecule has 2 rings (SSSR count). The number of halogens is 1. The van der Waals surface area contributed by atoms with Gasteiger partial charge >= 0.3 is 0 Å². The molecule has 0 saturated carbocycles. The van der Waals surface area contributed by atoms with Crippen molar-refractivity contribution in [1.82, 2.24) is 0 Å². The summed E-state index contributed by atoms with van der Waals surface area (Å²) in [5.41, 5.74) is 1.88. The molecular formula is C15H13FN2O2S. The van der Waals surface area contributed by atoms with E-state index in [0.717, 1.165) is 6.07 Å². The van der Waals surface area contributed by atoms with Gasteiger partial charge in [-0.1, -0.05) is 18.2 Å². The van der Waals surface area contributed by atoms with E-state index < -0.39 is 15.8 Å². The van der Waals surface area contributed by atoms with Crippen LogP contribution in [0.15, 0.2) is 42.5 Å². The standard InChI is InChI=1S/C15H13FN2O2S/c1-11-2-7-14(16)8-15(11)18-21(19,20)10-13-5-3-12(9-17)4-6-13/h2-8,18H,10H2,1H3. The third-order valence-electron chi connectivity index (χ3n) is 2.90. The Bertz CT molecular complexity index is 793. The van der Waals surface area contributed by atoms with Gasteiger partial charge in [0.25, 0.3) is 0 Å². The molecule has 0 radical (unpaired) electrons. The van der Waals surface area contributed by atoms with Crippen molar-refractivity contribution in [3.63, 3.8) is 0 Å². The third-order valence-corrected chi connectivity index (χ3v) is 4.15. The van der Waals surface area contributed by atoms with E-state index in [0.29, 0.717) is 16.7 Å². The summed E-state index contributed by atoms with van der Waals surface area (Å²) in [7, 11) is -3.65. The molecule has 0 aromatic heterocycles. The van der Waals surface area contributed by atoms with E-state index in [1.165, 1.54) is 12.1 Å². The SMILES string of the molecule is Cc1ccc(F)cc1NS(=O)(=O)Cc1ccc(C#N)cc1. The van der Waals surface area contributed by atoms with E-state index in [4.69, 9.17) is 5.26 Å². The second-order valence-electron chi connectivity index (χ2n) is 4.63. The molecule has 0 atom stereocenters. The summed E-state index contributed by atoms with van der Waals surface area (Å²) in [6.07, 6.45) is 0. The van der Waals surface area contributed by atoms with Crippen molar-refractivity contribution in [3.05, 3.63) is 65.0 Å². The first-order valence-electron chi connectivity index (χ1n) is 6.15. The number of aryl methyl sites for hydroxylation is 1. The number of hydrogen-bond acceptors (Lipinski definition) is 3. The van der Waals surface area contributed by atoms with Crippen LogP contribution < -0.4 is 4.72 Å². The monoisotopic (exact) mass is 304 g/mol. The van der Waals surface area contributed by atoms with Gasteiger partial charge in [-0.15, -0.1) is 0 Å². The van der Waals surface area contributed by atoms with Crippen molar-refractivity contribution in [1.29, 1.82) is 5.26 Å². The van der Waals surface area contributed by atoms with Gasteiger partial charge in [0.15, 0.2) is 0 Å². The summed E-state index contributed by atoms with van der Waals surface area (Å²) in [6, 6.07) is 12.2. The van der Waals surface area contributed by atoms with Gasteiger partial charge in [-0.3, -0.25) is 4.72 Å². The molecule has 0 heterocycles. The summed E-state index contributed by atoms with van der Waals surface area (Å²) >= 11 is 0. The number of rotatable bonds is 4. The van der Waals surface area contributed by atoms with Crippen LogP contribution in [0.1, 0.15) is 16.7 Å². The highest BCUT2D eigenvalue weighted by atomic mass is 32.2. The number of nitrogens with one attached hydrogen (secondary N) is 1. The minimum absolute atomic E-state index is 0.226. The Hall–Kier alpha value is -2.39. The van der Waals surface area contributed by atoms with Crippen molar-refractivity contribution in [2.24, 2.45) is 0 Å². The molecule has 21 heavy (non-hydrogen) atoms. The van der Waals surface area contributed by atoms with Crippen LogP contribution in [-0.4, -0.2) is 8.42 Å². The lowest BCUT2D eigenvalue weighted by molar-refractivity contribution is 0.600. The molecule has 0 unspecified atom stereocenters. The third kappa shape index (κ3) is 4.04. The average molecular weight is 304 g/mol. The Morgan fingerprint density at radius 2 is 1.86 bits per heavy atom. The summed E-state index contributed by atoms with van der Waals surface area (Å²) in [5, 5.41) is 8.70. The molecule has 2 aromatic rings. The summed E-state index contributed by atoms with van der Waals surface area (Å²) < 4.78 is 39.7. The molecule has 4 nitrogen and oxygen atoms in total. The van der Waals surface area contributed by atoms with Gasteiger partial charge in [0, 0.05) is 0 Å². The van der Waals surface area contributed by atoms with Gasteiger partial charge in [0.2, 0.25) is 10.0 Å². The zero-order chi connectivity index (χ0) is 15.5. The van der Waals surface area contributed by atoms with Crippen LogP contribution in [0.2, 0.25) is 0 Å². The Morgan fingerprint density at radius 1 is 1.19 bits per heavy atom. The molecule has 0 spiro atoms. The van der Waals surface area contributed by atoms with Crippen molar-refractivity contribution < 1.29 is 12.8 Å². The zero-order valence-electron chi connectivity index (χ0n) is 11.3. The fourth-order valence-electron chi connectivity index (χ4n) is 1.80. The predicted molar refractivity (Wildman–Crippen MR) is 78.5 cm³/mol. The Morgan fingerprint density at radius 3 is 2.48 bits per heavy atom. The van der Waals surface area contributed by atoms with Crippen molar-refractivity contribution >= 4 is 15.7 Å². The first kappa shape index (κ1) is 15.0. The van der Waals surface area contributed by atoms with E-state index in [1.807, 2.05) is 6.07 Å². The maximum atomic E-state index is 13.2. The molecule has 0 saturated heterocycles. The lowest BCUT2D eigenvalue weighted by atomic mass is 10.2. The Balaban J connectivity index is 2.18. The predicted octanol–water partition coefficient (Wildman–Crippen LogP) is 2.95. The van der Waals surface area contributed by atoms with E-state index in [1.54, 1.807) is 31.2 Å². The number of nitriles is 1. The van der Waals surface area contributed by atoms with Crippen LogP contribution in [0.4, 0.5) is 10.1 Å². The van der Waals surface area contributed by atoms with Gasteiger partial charge in [-0.2, -0.15) is 5.26 Å². The molecule has 0 aliphatic rings. The normalized spacial score (nSPS) is 10.9. The maximum Gasteiger partial charge on any atom is 0.236 e. The van der Waals surface area contributed by atoms with E-state index in [9.17, 15) is 12.8 Å². The Labute approximate surface area is 122 Å². The minimum atomic E-state index is -3.65. The first-order chi connectivity index (χ1) is 9.89. The fourth-order valence-corrected chi connectivity index (χ4v) is 3.06. The van der Waals surface area contributed by atoms with E-state index >= 15 is 0 Å². The topological polar surface area (TPSA) is 70.0 Å². The van der Waals surface area contributed by atoms with Gasteiger partial charge in [-0.25, -0.2) is 12.8 Å². The fraction of sp³-hybridized carbons (Fsp3) is 0.133. The number of anilines is 1. The second kappa shape index (κ2) is 5.94. The Kier molecular flexibility index (Phi) is 4.24. The molecular weight excluding hydrogens is 291 g/mol. The maximum absolute atomic E-state index is 13.2. The molecule has 0 amide bonds. The molecule has 108 valence electrons. The van der Waals surface area contributed by atoms with Crippen LogP contribution in [-0.2, 0) is 15.8 Å². The van der Waals surface area contributed by atoms with Gasteiger partial charge in [0.05, 0.1) is 23.1 Å². The summed E-state index contributed by atoms with van der Waals surface area (Å²) in [5.74, 6) is -0.744. The largest absolute Gasteiger partial charge is 0.283 e. The lowest BCUT2D eigenvalue weighted by Crippen LogP contribution is -2.16. The number of nitrogens with zero attached hydrogens (tertiary/aromatic N) is 1. The molecule has 0 aliphatic heterocycles. The average Bonchev–Trinajstić information content (AvgIpc) is 2.43. The van der Waals surface area contributed by atoms with Crippen LogP contribution in [0.25, 0.3) is 0 Å². The summed E-state index contributed by atoms with van der Waals surface area (Å²) in [6.45, 7) is 1.69. The molecule has 0 aliphatic carbocycles. The summed E-state index contributed by atoms with van der Waals surface area (Å²) in [4.78, 5) is 0. The van der Waals surface area contributed by atoms with Crippen molar-refractivity contribution in [2.45, 2.75) is 12.7 Å². The zero-order valence-corrected chi connectivity index (χ0v) is 12.1. The highest BCUT2D eigenvalue weighted by Gasteiger charge is 2.13. The molecule has 0 bridgehead atoms. The smallest absolute Gasteiger partial charge is 0.236 e. The highest BCUT2D eigenvalue weighted by molar-refractivity contribution is 7.91. The van der Waals surface area contributed by atoms with Gasteiger partial charge < -0.3 is 0 Å². The molecule has 0 fully saturated rings. The number of benzene rings is 2. The first-order valence-corrected chi connectivity index (χ1v) is 7.80. The molecule has 6 heteroatoms. The van der Waals surface area contributed by atoms with E-state index in [-0.39, 0.29) is 11.4 Å². The van der Waals surface area contributed by atoms with Crippen molar-refractivity contribution in [2.75, 3.05) is 4.72 Å². The van der Waals surface area contributed by atoms with E-state index in [2.05, 4.69) is 4.72 Å². The van der Waals surface area contributed by atoms with Crippen molar-refractivity contribution in [3.8, 4) is 6.07 Å². The number of sulfonamides is 1. The molecule has 1 N–H and O–H groups in total. The number of hydrogen-bond donors (Lipinski definition) is 1. The lowest BCUT2D eigenvalue weighted by Gasteiger charge is -2.10. The van der Waals surface area contributed by atoms with Crippen LogP contribution in [0.3, 0.4) is 0 Å². The van der Waals surface area contributed by atoms with Gasteiger partial charge in [0.1, 0.15) is 5.82 Å². The minimum Gasteiger partial charge on any atom is -0.283 e. The van der Waals surface area contributed by atoms with Crippen LogP contribution in [0, 0.1) is 24.1 Å². The highest BCUT2D eigenvalue weighted by Crippen LogP contribution is 2.19. The van der Waals surface area contributed by atoms with Gasteiger partial charge in [-0.05, 0) is 42.3 Å². The second-order valence-corrected chi connectivity index (χ2v) is 6.35. The molecule has 2 aromatic carbocycles.